The summed E-state index contributed by atoms with van der Waals surface area (Å²) < 4.78 is 0. The summed E-state index contributed by atoms with van der Waals surface area (Å²) in [6.45, 7) is 2.76. The molecule has 108 valence electrons. The lowest BCUT2D eigenvalue weighted by atomic mass is 9.55. The average molecular weight is 261 g/mol. The fraction of sp³-hybridized carbons (Fsp3) is 1.00. The van der Waals surface area contributed by atoms with Crippen molar-refractivity contribution in [3.8, 4) is 0 Å². The molecule has 0 amide bonds. The van der Waals surface area contributed by atoms with E-state index in [1.54, 1.807) is 38.5 Å². The van der Waals surface area contributed by atoms with Crippen LogP contribution in [0.25, 0.3) is 0 Å². The predicted molar refractivity (Wildman–Crippen MR) is 80.1 cm³/mol. The van der Waals surface area contributed by atoms with Gasteiger partial charge in [0.25, 0.3) is 0 Å². The lowest BCUT2D eigenvalue weighted by molar-refractivity contribution is -0.0338. The molecule has 4 fully saturated rings. The van der Waals surface area contributed by atoms with E-state index in [9.17, 15) is 0 Å². The zero-order chi connectivity index (χ0) is 12.9. The summed E-state index contributed by atoms with van der Waals surface area (Å²) in [6.07, 6.45) is 17.1. The summed E-state index contributed by atoms with van der Waals surface area (Å²) in [6, 6.07) is 0. The van der Waals surface area contributed by atoms with Crippen LogP contribution in [0.4, 0.5) is 0 Å². The van der Waals surface area contributed by atoms with E-state index in [1.165, 1.54) is 45.2 Å². The van der Waals surface area contributed by atoms with E-state index in [0.29, 0.717) is 0 Å². The molecule has 1 heteroatoms. The molecule has 4 aliphatic rings. The summed E-state index contributed by atoms with van der Waals surface area (Å²) in [5.74, 6) is 2.25. The standard InChI is InChI=1S/C18H31N/c1-19-12-10-17(11-13-19,15-6-3-2-4-7-15)18-9-5-8-16(18)14-18/h15-16H,2-14H2,1H3. The molecule has 1 nitrogen and oxygen atoms in total. The second-order valence-corrected chi connectivity index (χ2v) is 8.24. The molecule has 19 heavy (non-hydrogen) atoms. The van der Waals surface area contributed by atoms with Crippen LogP contribution in [-0.4, -0.2) is 25.0 Å². The highest BCUT2D eigenvalue weighted by Crippen LogP contribution is 2.76. The van der Waals surface area contributed by atoms with Gasteiger partial charge in [0, 0.05) is 0 Å². The molecule has 0 N–H and O–H groups in total. The average Bonchev–Trinajstić information content (AvgIpc) is 3.03. The highest BCUT2D eigenvalue weighted by Gasteiger charge is 2.68. The highest BCUT2D eigenvalue weighted by atomic mass is 15.1. The van der Waals surface area contributed by atoms with Gasteiger partial charge in [-0.25, -0.2) is 0 Å². The van der Waals surface area contributed by atoms with Crippen molar-refractivity contribution in [3.05, 3.63) is 0 Å². The summed E-state index contributed by atoms with van der Waals surface area (Å²) in [5, 5.41) is 0. The Morgan fingerprint density at radius 2 is 1.42 bits per heavy atom. The normalized spacial score (nSPS) is 43.1. The van der Waals surface area contributed by atoms with Gasteiger partial charge < -0.3 is 4.90 Å². The van der Waals surface area contributed by atoms with Crippen molar-refractivity contribution < 1.29 is 0 Å². The Kier molecular flexibility index (Phi) is 2.99. The summed E-state index contributed by atoms with van der Waals surface area (Å²) in [7, 11) is 2.33. The second-order valence-electron chi connectivity index (χ2n) is 8.24. The molecule has 1 saturated heterocycles. The maximum absolute atomic E-state index is 2.59. The molecular formula is C18H31N. The number of hydrogen-bond acceptors (Lipinski definition) is 1. The Morgan fingerprint density at radius 1 is 0.737 bits per heavy atom. The van der Waals surface area contributed by atoms with Crippen LogP contribution in [0.15, 0.2) is 0 Å². The van der Waals surface area contributed by atoms with E-state index in [2.05, 4.69) is 11.9 Å². The summed E-state index contributed by atoms with van der Waals surface area (Å²) in [4.78, 5) is 2.59. The molecular weight excluding hydrogens is 230 g/mol. The van der Waals surface area contributed by atoms with E-state index >= 15 is 0 Å². The van der Waals surface area contributed by atoms with Crippen LogP contribution < -0.4 is 0 Å². The molecule has 2 atom stereocenters. The number of fused-ring (bicyclic) bond motifs is 1. The number of hydrogen-bond donors (Lipinski definition) is 0. The minimum absolute atomic E-state index is 0.779. The number of rotatable bonds is 2. The smallest absolute Gasteiger partial charge is 0.00162 e. The first-order valence-electron chi connectivity index (χ1n) is 8.95. The molecule has 3 saturated carbocycles. The van der Waals surface area contributed by atoms with Crippen molar-refractivity contribution in [2.75, 3.05) is 20.1 Å². The Bertz CT molecular complexity index is 336. The third kappa shape index (κ3) is 1.76. The van der Waals surface area contributed by atoms with Crippen molar-refractivity contribution in [1.82, 2.24) is 4.90 Å². The Hall–Kier alpha value is -0.0400. The van der Waals surface area contributed by atoms with Crippen LogP contribution >= 0.6 is 0 Å². The van der Waals surface area contributed by atoms with Gasteiger partial charge in [-0.2, -0.15) is 0 Å². The SMILES string of the molecule is CN1CCC(C2CCCCC2)(C23CCCC2C3)CC1. The molecule has 0 aromatic heterocycles. The molecule has 4 rings (SSSR count). The van der Waals surface area contributed by atoms with Crippen LogP contribution in [-0.2, 0) is 0 Å². The van der Waals surface area contributed by atoms with Crippen LogP contribution in [0.1, 0.15) is 70.6 Å². The highest BCUT2D eigenvalue weighted by molar-refractivity contribution is 5.18. The Balaban J connectivity index is 1.63. The first kappa shape index (κ1) is 12.7. The van der Waals surface area contributed by atoms with Gasteiger partial charge in [0.15, 0.2) is 0 Å². The minimum atomic E-state index is 0.779. The largest absolute Gasteiger partial charge is 0.306 e. The molecule has 0 bridgehead atoms. The van der Waals surface area contributed by atoms with Crippen LogP contribution in [0.2, 0.25) is 0 Å². The molecule has 0 aromatic carbocycles. The quantitative estimate of drug-likeness (QED) is 0.709. The zero-order valence-electron chi connectivity index (χ0n) is 12.8. The maximum atomic E-state index is 2.59. The molecule has 3 aliphatic carbocycles. The monoisotopic (exact) mass is 261 g/mol. The van der Waals surface area contributed by atoms with Gasteiger partial charge in [-0.15, -0.1) is 0 Å². The van der Waals surface area contributed by atoms with Gasteiger partial charge in [0.1, 0.15) is 0 Å². The van der Waals surface area contributed by atoms with Gasteiger partial charge in [-0.3, -0.25) is 0 Å². The second kappa shape index (κ2) is 4.48. The first-order chi connectivity index (χ1) is 9.27. The molecule has 0 aromatic rings. The minimum Gasteiger partial charge on any atom is -0.306 e. The molecule has 0 radical (unpaired) electrons. The third-order valence-electron chi connectivity index (χ3n) is 7.66. The molecule has 0 spiro atoms. The van der Waals surface area contributed by atoms with Crippen molar-refractivity contribution in [2.45, 2.75) is 70.6 Å². The lowest BCUT2D eigenvalue weighted by Gasteiger charge is -2.53. The van der Waals surface area contributed by atoms with Crippen molar-refractivity contribution in [1.29, 1.82) is 0 Å². The van der Waals surface area contributed by atoms with Gasteiger partial charge in [0.05, 0.1) is 0 Å². The van der Waals surface area contributed by atoms with Crippen molar-refractivity contribution in [2.24, 2.45) is 22.7 Å². The molecule has 2 unspecified atom stereocenters. The lowest BCUT2D eigenvalue weighted by Crippen LogP contribution is -2.48. The number of nitrogens with zero attached hydrogens (tertiary/aromatic N) is 1. The third-order valence-corrected chi connectivity index (χ3v) is 7.66. The fourth-order valence-corrected chi connectivity index (χ4v) is 6.57. The van der Waals surface area contributed by atoms with Crippen LogP contribution in [0, 0.1) is 22.7 Å². The topological polar surface area (TPSA) is 3.24 Å². The van der Waals surface area contributed by atoms with Crippen molar-refractivity contribution in [3.63, 3.8) is 0 Å². The molecule has 1 heterocycles. The van der Waals surface area contributed by atoms with Gasteiger partial charge in [-0.05, 0) is 87.7 Å². The summed E-state index contributed by atoms with van der Waals surface area (Å²) in [5.41, 5.74) is 1.62. The Labute approximate surface area is 119 Å². The van der Waals surface area contributed by atoms with Gasteiger partial charge >= 0.3 is 0 Å². The van der Waals surface area contributed by atoms with Crippen LogP contribution in [0.3, 0.4) is 0 Å². The Morgan fingerprint density at radius 3 is 2.00 bits per heavy atom. The van der Waals surface area contributed by atoms with E-state index in [0.717, 1.165) is 22.7 Å². The fourth-order valence-electron chi connectivity index (χ4n) is 6.57. The molecule has 1 aliphatic heterocycles. The van der Waals surface area contributed by atoms with Gasteiger partial charge in [0.2, 0.25) is 0 Å². The number of likely N-dealkylation sites (tertiary alicyclic amines) is 1. The van der Waals surface area contributed by atoms with Crippen molar-refractivity contribution >= 4 is 0 Å². The summed E-state index contributed by atoms with van der Waals surface area (Å²) >= 11 is 0. The van der Waals surface area contributed by atoms with E-state index in [4.69, 9.17) is 0 Å². The van der Waals surface area contributed by atoms with E-state index in [1.807, 2.05) is 0 Å². The first-order valence-corrected chi connectivity index (χ1v) is 8.95. The van der Waals surface area contributed by atoms with E-state index < -0.39 is 0 Å². The predicted octanol–water partition coefficient (Wildman–Crippen LogP) is 4.47. The van der Waals surface area contributed by atoms with Crippen LogP contribution in [0.5, 0.6) is 0 Å². The zero-order valence-corrected chi connectivity index (χ0v) is 12.8. The van der Waals surface area contributed by atoms with Gasteiger partial charge in [-0.1, -0.05) is 25.7 Å². The maximum Gasteiger partial charge on any atom is -0.00162 e. The number of piperidine rings is 1. The van der Waals surface area contributed by atoms with E-state index in [-0.39, 0.29) is 0 Å².